The topological polar surface area (TPSA) is 8.81 Å². The van der Waals surface area contributed by atoms with E-state index in [0.717, 1.165) is 11.4 Å². The third-order valence-corrected chi connectivity index (χ3v) is 6.58. The molecule has 0 bridgehead atoms. The van der Waals surface area contributed by atoms with E-state index < -0.39 is 0 Å². The summed E-state index contributed by atoms with van der Waals surface area (Å²) in [5.74, 6) is 0.536. The van der Waals surface area contributed by atoms with Crippen LogP contribution < -0.4 is 4.57 Å². The molecule has 1 aliphatic heterocycles. The summed E-state index contributed by atoms with van der Waals surface area (Å²) in [5, 5.41) is 0. The largest absolute Gasteiger partial charge is 0.250 e. The summed E-state index contributed by atoms with van der Waals surface area (Å²) < 4.78 is 13.7. The maximum absolute atomic E-state index is 9.24. The van der Waals surface area contributed by atoms with Crippen molar-refractivity contribution in [2.24, 2.45) is 5.92 Å². The molecule has 1 unspecified atom stereocenters. The Morgan fingerprint density at radius 1 is 1.00 bits per heavy atom. The smallest absolute Gasteiger partial charge is 0.216 e. The molecule has 3 aromatic rings. The van der Waals surface area contributed by atoms with Gasteiger partial charge in [0.2, 0.25) is 0 Å². The van der Waals surface area contributed by atoms with Crippen LogP contribution in [-0.2, 0) is 5.54 Å². The van der Waals surface area contributed by atoms with Gasteiger partial charge in [-0.3, -0.25) is 0 Å². The van der Waals surface area contributed by atoms with Crippen molar-refractivity contribution < 1.29 is 5.94 Å². The Morgan fingerprint density at radius 2 is 1.70 bits per heavy atom. The van der Waals surface area contributed by atoms with Crippen LogP contribution in [-0.4, -0.2) is 4.57 Å². The van der Waals surface area contributed by atoms with E-state index in [-0.39, 0.29) is 5.54 Å². The number of para-hydroxylation sites is 1. The third kappa shape index (κ3) is 2.36. The molecule has 136 valence electrons. The van der Waals surface area contributed by atoms with Gasteiger partial charge in [-0.25, -0.2) is 4.57 Å². The number of benzene rings is 2. The van der Waals surface area contributed by atoms with Gasteiger partial charge in [-0.05, 0) is 43.5 Å². The summed E-state index contributed by atoms with van der Waals surface area (Å²) in [4.78, 5) is 0. The highest BCUT2D eigenvalue weighted by Crippen LogP contribution is 2.48. The molecule has 1 aliphatic carbocycles. The Balaban J connectivity index is 1.79. The Kier molecular flexibility index (Phi) is 3.56. The average Bonchev–Trinajstić information content (AvgIpc) is 3.43. The second kappa shape index (κ2) is 6.23. The molecule has 0 N–H and O–H groups in total. The minimum Gasteiger partial charge on any atom is -0.216 e. The molecule has 27 heavy (non-hydrogen) atoms. The number of allylic oxidation sites excluding steroid dienone is 1. The van der Waals surface area contributed by atoms with Crippen LogP contribution in [0.4, 0.5) is 0 Å². The minimum absolute atomic E-state index is 0.247. The van der Waals surface area contributed by atoms with E-state index in [4.69, 9.17) is 0 Å². The first-order valence-electron chi connectivity index (χ1n) is 10.6. The molecule has 0 radical (unpaired) electrons. The van der Waals surface area contributed by atoms with E-state index in [0.29, 0.717) is 12.2 Å². The Labute approximate surface area is 163 Å². The monoisotopic (exact) mass is 356 g/mol. The lowest BCUT2D eigenvalue weighted by Crippen LogP contribution is -2.40. The van der Waals surface area contributed by atoms with Crippen molar-refractivity contribution in [2.45, 2.75) is 45.1 Å². The predicted octanol–water partition coefficient (Wildman–Crippen LogP) is 5.34. The van der Waals surface area contributed by atoms with Gasteiger partial charge in [0.25, 0.3) is 6.30 Å². The molecule has 1 fully saturated rings. The molecule has 2 heteroatoms. The van der Waals surface area contributed by atoms with Gasteiger partial charge in [-0.2, -0.15) is 4.57 Å². The summed E-state index contributed by atoms with van der Waals surface area (Å²) in [7, 11) is 0. The molecule has 2 nitrogen and oxygen atoms in total. The SMILES string of the molecule is [2H]c1n2c(c(C)[n+]1-c1ccccc1C)C=CC2(c1ccccc1)C1CCCC1. The van der Waals surface area contributed by atoms with Gasteiger partial charge >= 0.3 is 0 Å². The number of rotatable bonds is 3. The highest BCUT2D eigenvalue weighted by atomic mass is 15.2. The lowest BCUT2D eigenvalue weighted by Gasteiger charge is -2.32. The van der Waals surface area contributed by atoms with Gasteiger partial charge in [0.05, 0.1) is 0 Å². The molecule has 2 heterocycles. The van der Waals surface area contributed by atoms with Crippen LogP contribution in [0, 0.1) is 19.8 Å². The zero-order valence-corrected chi connectivity index (χ0v) is 16.2. The number of nitrogens with zero attached hydrogens (tertiary/aromatic N) is 2. The second-order valence-electron chi connectivity index (χ2n) is 8.03. The normalized spacial score (nSPS) is 22.2. The molecule has 0 amide bonds. The Bertz CT molecular complexity index is 1060. The van der Waals surface area contributed by atoms with E-state index in [1.54, 1.807) is 0 Å². The fourth-order valence-electron chi connectivity index (χ4n) is 5.16. The zero-order chi connectivity index (χ0) is 19.3. The summed E-state index contributed by atoms with van der Waals surface area (Å²) in [5.41, 5.74) is 5.67. The maximum Gasteiger partial charge on any atom is 0.250 e. The van der Waals surface area contributed by atoms with Crippen molar-refractivity contribution in [2.75, 3.05) is 0 Å². The molecular weight excluding hydrogens is 328 g/mol. The summed E-state index contributed by atoms with van der Waals surface area (Å²) in [6.07, 6.45) is 10.2. The fraction of sp³-hybridized carbons (Fsp3) is 0.320. The van der Waals surface area contributed by atoms with Crippen molar-refractivity contribution in [3.63, 3.8) is 0 Å². The Hall–Kier alpha value is -2.61. The van der Waals surface area contributed by atoms with Gasteiger partial charge in [-0.1, -0.05) is 61.4 Å². The quantitative estimate of drug-likeness (QED) is 0.560. The van der Waals surface area contributed by atoms with E-state index in [1.807, 2.05) is 0 Å². The first kappa shape index (κ1) is 15.4. The van der Waals surface area contributed by atoms with Crippen LogP contribution in [0.1, 0.15) is 49.6 Å². The van der Waals surface area contributed by atoms with Crippen molar-refractivity contribution in [1.29, 1.82) is 0 Å². The Morgan fingerprint density at radius 3 is 2.44 bits per heavy atom. The van der Waals surface area contributed by atoms with Crippen LogP contribution in [0.3, 0.4) is 0 Å². The van der Waals surface area contributed by atoms with Crippen LogP contribution in [0.2, 0.25) is 0 Å². The van der Waals surface area contributed by atoms with Gasteiger partial charge < -0.3 is 0 Å². The first-order valence-corrected chi connectivity index (χ1v) is 10.1. The molecule has 1 saturated carbocycles. The molecule has 2 aromatic carbocycles. The second-order valence-corrected chi connectivity index (χ2v) is 8.03. The minimum atomic E-state index is -0.247. The molecule has 1 aromatic heterocycles. The van der Waals surface area contributed by atoms with Crippen molar-refractivity contribution >= 4 is 6.08 Å². The molecule has 5 rings (SSSR count). The molecule has 1 atom stereocenters. The number of aromatic nitrogens is 2. The molecular formula is C25H27N2+. The van der Waals surface area contributed by atoms with E-state index in [1.165, 1.54) is 42.5 Å². The number of imidazole rings is 1. The van der Waals surface area contributed by atoms with Gasteiger partial charge in [-0.15, -0.1) is 0 Å². The lowest BCUT2D eigenvalue weighted by atomic mass is 9.77. The van der Waals surface area contributed by atoms with E-state index in [9.17, 15) is 1.37 Å². The van der Waals surface area contributed by atoms with E-state index >= 15 is 0 Å². The predicted molar refractivity (Wildman–Crippen MR) is 110 cm³/mol. The highest BCUT2D eigenvalue weighted by Gasteiger charge is 2.50. The van der Waals surface area contributed by atoms with Crippen LogP contribution in [0.15, 0.2) is 67.0 Å². The molecule has 0 saturated heterocycles. The average molecular weight is 357 g/mol. The summed E-state index contributed by atoms with van der Waals surface area (Å²) >= 11 is 0. The molecule has 0 spiro atoms. The van der Waals surface area contributed by atoms with Crippen molar-refractivity contribution in [1.82, 2.24) is 4.57 Å². The van der Waals surface area contributed by atoms with Gasteiger partial charge in [0.15, 0.2) is 18.3 Å². The lowest BCUT2D eigenvalue weighted by molar-refractivity contribution is -0.602. The number of fused-ring (bicyclic) bond motifs is 1. The zero-order valence-electron chi connectivity index (χ0n) is 17.2. The molecule has 2 aliphatic rings. The summed E-state index contributed by atoms with van der Waals surface area (Å²) in [6, 6.07) is 19.2. The van der Waals surface area contributed by atoms with Crippen molar-refractivity contribution in [3.8, 4) is 5.69 Å². The maximum atomic E-state index is 9.24. The van der Waals surface area contributed by atoms with Gasteiger partial charge in [0.1, 0.15) is 5.69 Å². The van der Waals surface area contributed by atoms with Gasteiger partial charge in [0, 0.05) is 18.4 Å². The standard InChI is InChI=1S/C25H27N2/c1-19-10-6-9-15-23(19)26-18-27-24(20(26)2)16-17-25(27,22-13-7-8-14-22)21-11-4-3-5-12-21/h3-6,9-12,15-18,22H,7-8,13-14H2,1-2H3/q+1/i18D. The number of hydrogen-bond donors (Lipinski definition) is 0. The third-order valence-electron chi connectivity index (χ3n) is 6.58. The first-order chi connectivity index (χ1) is 13.6. The number of aryl methyl sites for hydroxylation is 1. The van der Waals surface area contributed by atoms with E-state index in [2.05, 4.69) is 89.7 Å². The van der Waals surface area contributed by atoms with Crippen molar-refractivity contribution in [3.05, 3.63) is 89.5 Å². The fourth-order valence-corrected chi connectivity index (χ4v) is 5.16. The summed E-state index contributed by atoms with van der Waals surface area (Å²) in [6.45, 7) is 4.28. The van der Waals surface area contributed by atoms with Crippen LogP contribution in [0.5, 0.6) is 0 Å². The van der Waals surface area contributed by atoms with Crippen LogP contribution >= 0.6 is 0 Å². The van der Waals surface area contributed by atoms with Crippen LogP contribution in [0.25, 0.3) is 11.8 Å². The number of hydrogen-bond acceptors (Lipinski definition) is 0. The highest BCUT2D eigenvalue weighted by molar-refractivity contribution is 5.58.